The fraction of sp³-hybridized carbons (Fsp3) is 0.778. The third-order valence-electron chi connectivity index (χ3n) is 1.78. The van der Waals surface area contributed by atoms with Crippen LogP contribution in [0.3, 0.4) is 0 Å². The van der Waals surface area contributed by atoms with Gasteiger partial charge in [-0.2, -0.15) is 0 Å². The smallest absolute Gasteiger partial charge is 0.325 e. The summed E-state index contributed by atoms with van der Waals surface area (Å²) in [6.45, 7) is 3.07. The SMILES string of the molecule is [B]CC(=O)N(CCNC)CC(=O)OCC. The van der Waals surface area contributed by atoms with Crippen molar-refractivity contribution in [1.82, 2.24) is 10.2 Å². The largest absolute Gasteiger partial charge is 0.465 e. The lowest BCUT2D eigenvalue weighted by molar-refractivity contribution is -0.148. The lowest BCUT2D eigenvalue weighted by atomic mass is 10.0. The van der Waals surface area contributed by atoms with E-state index in [1.54, 1.807) is 14.0 Å². The molecule has 6 heteroatoms. The van der Waals surface area contributed by atoms with E-state index >= 15 is 0 Å². The highest BCUT2D eigenvalue weighted by atomic mass is 16.5. The normalized spacial score (nSPS) is 9.73. The number of carbonyl (C=O) groups excluding carboxylic acids is 2. The maximum absolute atomic E-state index is 11.3. The molecule has 15 heavy (non-hydrogen) atoms. The monoisotopic (exact) mass is 212 g/mol. The van der Waals surface area contributed by atoms with Crippen LogP contribution in [0.25, 0.3) is 0 Å². The van der Waals surface area contributed by atoms with E-state index in [4.69, 9.17) is 12.6 Å². The number of nitrogens with one attached hydrogen (secondary N) is 1. The maximum Gasteiger partial charge on any atom is 0.325 e. The minimum atomic E-state index is -0.407. The van der Waals surface area contributed by atoms with Crippen molar-refractivity contribution in [2.45, 2.75) is 13.2 Å². The van der Waals surface area contributed by atoms with Gasteiger partial charge in [0.25, 0.3) is 0 Å². The van der Waals surface area contributed by atoms with Crippen LogP contribution < -0.4 is 5.32 Å². The molecule has 0 heterocycles. The number of amides is 1. The Morgan fingerprint density at radius 1 is 1.47 bits per heavy atom. The van der Waals surface area contributed by atoms with Crippen LogP contribution in [0.2, 0.25) is 6.32 Å². The highest BCUT2D eigenvalue weighted by Crippen LogP contribution is 1.94. The summed E-state index contributed by atoms with van der Waals surface area (Å²) in [4.78, 5) is 23.9. The van der Waals surface area contributed by atoms with Crippen LogP contribution in [0.1, 0.15) is 6.92 Å². The first-order valence-electron chi connectivity index (χ1n) is 4.93. The van der Waals surface area contributed by atoms with Crippen molar-refractivity contribution in [2.75, 3.05) is 33.3 Å². The lowest BCUT2D eigenvalue weighted by Crippen LogP contribution is -2.40. The zero-order valence-corrected chi connectivity index (χ0v) is 9.28. The Hall–Kier alpha value is -1.04. The predicted octanol–water partition coefficient (Wildman–Crippen LogP) is -0.816. The number of hydrogen-bond donors (Lipinski definition) is 1. The van der Waals surface area contributed by atoms with Crippen LogP contribution in [-0.2, 0) is 14.3 Å². The summed E-state index contributed by atoms with van der Waals surface area (Å²) in [6, 6.07) is 0. The molecule has 0 spiro atoms. The molecule has 84 valence electrons. The van der Waals surface area contributed by atoms with E-state index in [-0.39, 0.29) is 18.8 Å². The summed E-state index contributed by atoms with van der Waals surface area (Å²) in [5, 5.41) is 2.90. The summed E-state index contributed by atoms with van der Waals surface area (Å²) in [7, 11) is 7.00. The highest BCUT2D eigenvalue weighted by molar-refractivity contribution is 6.19. The Labute approximate surface area is 91.6 Å². The summed E-state index contributed by atoms with van der Waals surface area (Å²) < 4.78 is 4.75. The number of hydrogen-bond acceptors (Lipinski definition) is 4. The average Bonchev–Trinajstić information content (AvgIpc) is 2.23. The molecule has 0 aromatic carbocycles. The zero-order valence-electron chi connectivity index (χ0n) is 9.28. The molecule has 1 N–H and O–H groups in total. The van der Waals surface area contributed by atoms with Crippen molar-refractivity contribution >= 4 is 19.7 Å². The molecule has 0 aliphatic rings. The summed E-state index contributed by atoms with van der Waals surface area (Å²) in [5.41, 5.74) is 0. The number of carbonyl (C=O) groups is 2. The number of rotatable bonds is 7. The van der Waals surface area contributed by atoms with Gasteiger partial charge in [-0.15, -0.1) is 0 Å². The third kappa shape index (κ3) is 6.12. The second kappa shape index (κ2) is 8.29. The first kappa shape index (κ1) is 14.0. The third-order valence-corrected chi connectivity index (χ3v) is 1.78. The molecule has 0 bridgehead atoms. The summed E-state index contributed by atoms with van der Waals surface area (Å²) in [6.07, 6.45) is -0.0941. The molecule has 0 rings (SSSR count). The molecule has 0 atom stereocenters. The maximum atomic E-state index is 11.3. The Balaban J connectivity index is 4.11. The molecule has 1 amide bonds. The minimum Gasteiger partial charge on any atom is -0.465 e. The molecule has 0 aliphatic carbocycles. The van der Waals surface area contributed by atoms with E-state index in [1.807, 2.05) is 0 Å². The van der Waals surface area contributed by atoms with E-state index in [0.29, 0.717) is 19.7 Å². The topological polar surface area (TPSA) is 58.6 Å². The van der Waals surface area contributed by atoms with Crippen LogP contribution >= 0.6 is 0 Å². The second-order valence-corrected chi connectivity index (χ2v) is 2.93. The fourth-order valence-electron chi connectivity index (χ4n) is 1.03. The van der Waals surface area contributed by atoms with E-state index in [0.717, 1.165) is 0 Å². The highest BCUT2D eigenvalue weighted by Gasteiger charge is 2.15. The Bertz CT molecular complexity index is 212. The van der Waals surface area contributed by atoms with Gasteiger partial charge in [0.2, 0.25) is 5.91 Å². The summed E-state index contributed by atoms with van der Waals surface area (Å²) >= 11 is 0. The van der Waals surface area contributed by atoms with Crippen molar-refractivity contribution in [1.29, 1.82) is 0 Å². The molecule has 0 fully saturated rings. The van der Waals surface area contributed by atoms with Crippen LogP contribution in [0, 0.1) is 0 Å². The number of esters is 1. The molecule has 0 aliphatic heterocycles. The van der Waals surface area contributed by atoms with Gasteiger partial charge < -0.3 is 15.0 Å². The number of likely N-dealkylation sites (N-methyl/N-ethyl adjacent to an activating group) is 1. The first-order chi connectivity index (χ1) is 7.15. The lowest BCUT2D eigenvalue weighted by Gasteiger charge is -2.20. The molecule has 0 saturated carbocycles. The van der Waals surface area contributed by atoms with Crippen LogP contribution in [0.5, 0.6) is 0 Å². The Kier molecular flexibility index (Phi) is 7.72. The number of ether oxygens (including phenoxy) is 1. The van der Waals surface area contributed by atoms with E-state index in [9.17, 15) is 9.59 Å². The van der Waals surface area contributed by atoms with Crippen molar-refractivity contribution in [3.8, 4) is 0 Å². The predicted molar refractivity (Wildman–Crippen MR) is 57.7 cm³/mol. The molecular formula is C9H17BN2O3. The van der Waals surface area contributed by atoms with Gasteiger partial charge in [-0.1, -0.05) is 0 Å². The molecular weight excluding hydrogens is 195 g/mol. The van der Waals surface area contributed by atoms with Crippen LogP contribution in [0.4, 0.5) is 0 Å². The van der Waals surface area contributed by atoms with Gasteiger partial charge in [0.15, 0.2) is 0 Å². The average molecular weight is 212 g/mol. The van der Waals surface area contributed by atoms with Crippen molar-refractivity contribution < 1.29 is 14.3 Å². The van der Waals surface area contributed by atoms with Gasteiger partial charge in [-0.25, -0.2) is 0 Å². The molecule has 2 radical (unpaired) electrons. The molecule has 0 aromatic rings. The molecule has 5 nitrogen and oxygen atoms in total. The first-order valence-corrected chi connectivity index (χ1v) is 4.93. The van der Waals surface area contributed by atoms with Gasteiger partial charge in [0.1, 0.15) is 6.54 Å². The van der Waals surface area contributed by atoms with Gasteiger partial charge in [-0.3, -0.25) is 9.59 Å². The quantitative estimate of drug-likeness (QED) is 0.442. The van der Waals surface area contributed by atoms with Crippen molar-refractivity contribution in [2.24, 2.45) is 0 Å². The minimum absolute atomic E-state index is 0.0362. The van der Waals surface area contributed by atoms with Gasteiger partial charge in [0.05, 0.1) is 14.5 Å². The Morgan fingerprint density at radius 2 is 2.13 bits per heavy atom. The van der Waals surface area contributed by atoms with E-state index in [1.165, 1.54) is 4.90 Å². The molecule has 0 saturated heterocycles. The van der Waals surface area contributed by atoms with Gasteiger partial charge in [0, 0.05) is 13.1 Å². The molecule has 0 unspecified atom stereocenters. The molecule has 0 aromatic heterocycles. The van der Waals surface area contributed by atoms with Gasteiger partial charge in [-0.05, 0) is 20.3 Å². The Morgan fingerprint density at radius 3 is 2.60 bits per heavy atom. The van der Waals surface area contributed by atoms with E-state index in [2.05, 4.69) is 5.32 Å². The standard InChI is InChI=1S/C9H17BN2O3/c1-3-15-9(14)7-12(5-4-11-2)8(13)6-10/h11H,3-7H2,1-2H3. The zero-order chi connectivity index (χ0) is 11.7. The summed E-state index contributed by atoms with van der Waals surface area (Å²) in [5.74, 6) is -0.659. The van der Waals surface area contributed by atoms with Crippen molar-refractivity contribution in [3.63, 3.8) is 0 Å². The van der Waals surface area contributed by atoms with E-state index < -0.39 is 5.97 Å². The number of nitrogens with zero attached hydrogens (tertiary/aromatic N) is 1. The van der Waals surface area contributed by atoms with Crippen LogP contribution in [-0.4, -0.2) is 57.9 Å². The second-order valence-electron chi connectivity index (χ2n) is 2.93. The fourth-order valence-corrected chi connectivity index (χ4v) is 1.03. The van der Waals surface area contributed by atoms with Crippen LogP contribution in [0.15, 0.2) is 0 Å². The van der Waals surface area contributed by atoms with Crippen molar-refractivity contribution in [3.05, 3.63) is 0 Å². The van der Waals surface area contributed by atoms with Gasteiger partial charge >= 0.3 is 5.97 Å².